The summed E-state index contributed by atoms with van der Waals surface area (Å²) in [5.41, 5.74) is -0.239. The van der Waals surface area contributed by atoms with Crippen molar-refractivity contribution < 1.29 is 19.4 Å². The molecule has 2 N–H and O–H groups in total. The predicted octanol–water partition coefficient (Wildman–Crippen LogP) is 1.06. The first-order valence-corrected chi connectivity index (χ1v) is 6.33. The first-order valence-electron chi connectivity index (χ1n) is 6.33. The Labute approximate surface area is 107 Å². The highest BCUT2D eigenvalue weighted by Crippen LogP contribution is 2.34. The second kappa shape index (κ2) is 6.58. The van der Waals surface area contributed by atoms with E-state index in [1.165, 1.54) is 4.90 Å². The van der Waals surface area contributed by atoms with Crippen LogP contribution in [0.5, 0.6) is 0 Å². The number of nitrogens with zero attached hydrogens (tertiary/aromatic N) is 1. The molecule has 104 valence electrons. The van der Waals surface area contributed by atoms with Crippen molar-refractivity contribution in [1.29, 1.82) is 0 Å². The first kappa shape index (κ1) is 14.8. The van der Waals surface area contributed by atoms with E-state index in [1.54, 1.807) is 7.11 Å². The lowest BCUT2D eigenvalue weighted by atomic mass is 9.80. The second-order valence-electron chi connectivity index (χ2n) is 4.71. The Bertz CT molecular complexity index is 297. The number of methoxy groups -OCH3 is 1. The van der Waals surface area contributed by atoms with Gasteiger partial charge >= 0.3 is 12.0 Å². The Morgan fingerprint density at radius 2 is 2.11 bits per heavy atom. The van der Waals surface area contributed by atoms with Crippen molar-refractivity contribution in [3.05, 3.63) is 0 Å². The topological polar surface area (TPSA) is 78.9 Å². The van der Waals surface area contributed by atoms with Crippen LogP contribution in [-0.4, -0.2) is 54.4 Å². The van der Waals surface area contributed by atoms with Gasteiger partial charge in [-0.3, -0.25) is 4.79 Å². The highest BCUT2D eigenvalue weighted by Gasteiger charge is 2.37. The number of hydrogen-bond acceptors (Lipinski definition) is 3. The number of ether oxygens (including phenoxy) is 1. The summed E-state index contributed by atoms with van der Waals surface area (Å²) in [6.45, 7) is 2.53. The monoisotopic (exact) mass is 258 g/mol. The minimum Gasteiger partial charge on any atom is -0.480 e. The molecule has 0 heterocycles. The summed E-state index contributed by atoms with van der Waals surface area (Å²) < 4.78 is 5.40. The molecule has 0 bridgehead atoms. The number of carboxylic acids is 1. The number of aliphatic carboxylic acids is 1. The number of hydrogen-bond donors (Lipinski definition) is 2. The molecule has 0 unspecified atom stereocenters. The highest BCUT2D eigenvalue weighted by atomic mass is 16.5. The van der Waals surface area contributed by atoms with Crippen LogP contribution in [0.1, 0.15) is 32.6 Å². The lowest BCUT2D eigenvalue weighted by Crippen LogP contribution is -2.52. The van der Waals surface area contributed by atoms with Crippen molar-refractivity contribution in [1.82, 2.24) is 10.2 Å². The van der Waals surface area contributed by atoms with E-state index in [9.17, 15) is 9.59 Å². The molecule has 0 aromatic rings. The Hall–Kier alpha value is -1.30. The Morgan fingerprint density at radius 1 is 1.44 bits per heavy atom. The van der Waals surface area contributed by atoms with Gasteiger partial charge in [0.05, 0.1) is 5.60 Å². The Kier molecular flexibility index (Phi) is 5.40. The average Bonchev–Trinajstić information content (AvgIpc) is 2.27. The third-order valence-corrected chi connectivity index (χ3v) is 3.37. The molecule has 0 saturated heterocycles. The van der Waals surface area contributed by atoms with Gasteiger partial charge in [0.1, 0.15) is 6.54 Å². The fourth-order valence-corrected chi connectivity index (χ4v) is 2.06. The summed E-state index contributed by atoms with van der Waals surface area (Å²) in [7, 11) is 1.65. The number of carbonyl (C=O) groups is 2. The molecule has 1 aliphatic rings. The molecule has 0 atom stereocenters. The zero-order valence-corrected chi connectivity index (χ0v) is 11.1. The largest absolute Gasteiger partial charge is 0.480 e. The van der Waals surface area contributed by atoms with Crippen LogP contribution in [0, 0.1) is 0 Å². The zero-order valence-electron chi connectivity index (χ0n) is 11.1. The van der Waals surface area contributed by atoms with Crippen molar-refractivity contribution >= 4 is 12.0 Å². The molecular weight excluding hydrogens is 236 g/mol. The van der Waals surface area contributed by atoms with Gasteiger partial charge in [-0.2, -0.15) is 0 Å². The van der Waals surface area contributed by atoms with Crippen molar-refractivity contribution in [3.8, 4) is 0 Å². The molecule has 0 aromatic carbocycles. The SMILES string of the molecule is CCCN(CC(=O)O)C(=O)NCC1(OC)CCC1. The van der Waals surface area contributed by atoms with Crippen LogP contribution in [0.15, 0.2) is 0 Å². The van der Waals surface area contributed by atoms with Gasteiger partial charge in [0.2, 0.25) is 0 Å². The van der Waals surface area contributed by atoms with Crippen LogP contribution in [0.4, 0.5) is 4.79 Å². The molecule has 0 aromatic heterocycles. The molecule has 1 saturated carbocycles. The fourth-order valence-electron chi connectivity index (χ4n) is 2.06. The van der Waals surface area contributed by atoms with Crippen molar-refractivity contribution in [3.63, 3.8) is 0 Å². The summed E-state index contributed by atoms with van der Waals surface area (Å²) in [6.07, 6.45) is 3.72. The van der Waals surface area contributed by atoms with Gasteiger partial charge in [0.15, 0.2) is 0 Å². The van der Waals surface area contributed by atoms with Crippen LogP contribution in [-0.2, 0) is 9.53 Å². The van der Waals surface area contributed by atoms with Crippen LogP contribution in [0.25, 0.3) is 0 Å². The summed E-state index contributed by atoms with van der Waals surface area (Å²) in [6, 6.07) is -0.331. The second-order valence-corrected chi connectivity index (χ2v) is 4.71. The minimum atomic E-state index is -0.997. The van der Waals surface area contributed by atoms with Crippen LogP contribution in [0.3, 0.4) is 0 Å². The molecule has 6 nitrogen and oxygen atoms in total. The van der Waals surface area contributed by atoms with Gasteiger partial charge in [-0.15, -0.1) is 0 Å². The standard InChI is InChI=1S/C12H22N2O4/c1-3-7-14(8-10(15)16)11(17)13-9-12(18-2)5-4-6-12/h3-9H2,1-2H3,(H,13,17)(H,15,16). The van der Waals surface area contributed by atoms with Gasteiger partial charge in [-0.25, -0.2) is 4.79 Å². The maximum Gasteiger partial charge on any atom is 0.323 e. The van der Waals surface area contributed by atoms with Crippen LogP contribution < -0.4 is 5.32 Å². The number of carbonyl (C=O) groups excluding carboxylic acids is 1. The highest BCUT2D eigenvalue weighted by molar-refractivity contribution is 5.80. The third-order valence-electron chi connectivity index (χ3n) is 3.37. The molecular formula is C12H22N2O4. The molecule has 6 heteroatoms. The number of rotatable bonds is 7. The smallest absolute Gasteiger partial charge is 0.323 e. The van der Waals surface area contributed by atoms with Gasteiger partial charge < -0.3 is 20.1 Å². The average molecular weight is 258 g/mol. The fraction of sp³-hybridized carbons (Fsp3) is 0.833. The zero-order chi connectivity index (χ0) is 13.6. The van der Waals surface area contributed by atoms with E-state index < -0.39 is 5.97 Å². The van der Waals surface area contributed by atoms with E-state index in [-0.39, 0.29) is 18.2 Å². The van der Waals surface area contributed by atoms with Crippen molar-refractivity contribution in [2.45, 2.75) is 38.2 Å². The first-order chi connectivity index (χ1) is 8.53. The van der Waals surface area contributed by atoms with Gasteiger partial charge in [-0.05, 0) is 25.7 Å². The van der Waals surface area contributed by atoms with E-state index in [0.717, 1.165) is 25.7 Å². The van der Waals surface area contributed by atoms with Crippen LogP contribution >= 0.6 is 0 Å². The maximum atomic E-state index is 11.9. The Balaban J connectivity index is 2.43. The minimum absolute atomic E-state index is 0.239. The molecule has 18 heavy (non-hydrogen) atoms. The van der Waals surface area contributed by atoms with E-state index in [2.05, 4.69) is 5.32 Å². The van der Waals surface area contributed by atoms with E-state index in [1.807, 2.05) is 6.92 Å². The number of carboxylic acid groups (broad SMARTS) is 1. The predicted molar refractivity (Wildman–Crippen MR) is 66.5 cm³/mol. The van der Waals surface area contributed by atoms with Gasteiger partial charge in [0.25, 0.3) is 0 Å². The van der Waals surface area contributed by atoms with E-state index in [0.29, 0.717) is 13.1 Å². The summed E-state index contributed by atoms with van der Waals surface area (Å²) in [5, 5.41) is 11.5. The van der Waals surface area contributed by atoms with E-state index >= 15 is 0 Å². The van der Waals surface area contributed by atoms with Crippen molar-refractivity contribution in [2.75, 3.05) is 26.7 Å². The number of urea groups is 1. The van der Waals surface area contributed by atoms with Gasteiger partial charge in [-0.1, -0.05) is 6.92 Å². The third kappa shape index (κ3) is 3.87. The quantitative estimate of drug-likeness (QED) is 0.715. The summed E-state index contributed by atoms with van der Waals surface area (Å²) in [4.78, 5) is 23.8. The molecule has 2 amide bonds. The molecule has 1 rings (SSSR count). The molecule has 1 fully saturated rings. The van der Waals surface area contributed by atoms with E-state index in [4.69, 9.17) is 9.84 Å². The summed E-state index contributed by atoms with van der Waals surface area (Å²) >= 11 is 0. The summed E-state index contributed by atoms with van der Waals surface area (Å²) in [5.74, 6) is -0.997. The van der Waals surface area contributed by atoms with Crippen LogP contribution in [0.2, 0.25) is 0 Å². The van der Waals surface area contributed by atoms with Crippen molar-refractivity contribution in [2.24, 2.45) is 0 Å². The number of nitrogens with one attached hydrogen (secondary N) is 1. The molecule has 0 aliphatic heterocycles. The number of amides is 2. The normalized spacial score (nSPS) is 16.8. The molecule has 0 spiro atoms. The molecule has 0 radical (unpaired) electrons. The Morgan fingerprint density at radius 3 is 2.50 bits per heavy atom. The maximum absolute atomic E-state index is 11.9. The lowest BCUT2D eigenvalue weighted by molar-refractivity contribution is -0.137. The lowest BCUT2D eigenvalue weighted by Gasteiger charge is -2.40. The molecule has 1 aliphatic carbocycles. The van der Waals surface area contributed by atoms with Gasteiger partial charge in [0, 0.05) is 20.2 Å².